The zero-order chi connectivity index (χ0) is 16.4. The van der Waals surface area contributed by atoms with Crippen molar-refractivity contribution in [3.63, 3.8) is 0 Å². The molecule has 0 aliphatic carbocycles. The average Bonchev–Trinajstić information content (AvgIpc) is 3.32. The van der Waals surface area contributed by atoms with Gasteiger partial charge in [-0.2, -0.15) is 5.10 Å². The maximum Gasteiger partial charge on any atom is 0.113 e. The summed E-state index contributed by atoms with van der Waals surface area (Å²) in [5, 5.41) is 16.0. The molecule has 24 heavy (non-hydrogen) atoms. The van der Waals surface area contributed by atoms with E-state index in [1.54, 1.807) is 17.5 Å². The number of nitrogens with zero attached hydrogens (tertiary/aromatic N) is 6. The molecule has 0 saturated carbocycles. The highest BCUT2D eigenvalue weighted by molar-refractivity contribution is 7.09. The minimum atomic E-state index is 0.638. The average molecular weight is 336 g/mol. The maximum absolute atomic E-state index is 4.47. The van der Waals surface area contributed by atoms with Crippen LogP contribution in [0.4, 0.5) is 0 Å². The van der Waals surface area contributed by atoms with E-state index in [1.165, 1.54) is 0 Å². The molecule has 120 valence electrons. The first kappa shape index (κ1) is 14.8. The fourth-order valence-electron chi connectivity index (χ4n) is 2.62. The SMILES string of the molecule is Cc1nc(Cn2cc(-c3ccccc3Cn3cccn3)nn2)cs1. The number of thiazole rings is 1. The van der Waals surface area contributed by atoms with Crippen molar-refractivity contribution in [1.82, 2.24) is 29.8 Å². The lowest BCUT2D eigenvalue weighted by atomic mass is 10.1. The van der Waals surface area contributed by atoms with Gasteiger partial charge in [0.25, 0.3) is 0 Å². The third-order valence-corrected chi connectivity index (χ3v) is 4.54. The Hall–Kier alpha value is -2.80. The third-order valence-electron chi connectivity index (χ3n) is 3.71. The molecule has 1 aromatic carbocycles. The van der Waals surface area contributed by atoms with Crippen molar-refractivity contribution in [3.05, 3.63) is 70.6 Å². The van der Waals surface area contributed by atoms with Gasteiger partial charge in [-0.3, -0.25) is 4.68 Å². The van der Waals surface area contributed by atoms with Crippen LogP contribution in [0.2, 0.25) is 0 Å². The lowest BCUT2D eigenvalue weighted by molar-refractivity contribution is 0.640. The standard InChI is InChI=1S/C17H16N6S/c1-13-19-15(12-24-13)10-23-11-17(20-21-23)16-6-3-2-5-14(16)9-22-8-4-7-18-22/h2-8,11-12H,9-10H2,1H3. The molecular formula is C17H16N6S. The van der Waals surface area contributed by atoms with E-state index < -0.39 is 0 Å². The second-order valence-corrected chi connectivity index (χ2v) is 6.58. The van der Waals surface area contributed by atoms with E-state index in [-0.39, 0.29) is 0 Å². The molecule has 0 fully saturated rings. The number of aryl methyl sites for hydroxylation is 1. The smallest absolute Gasteiger partial charge is 0.113 e. The van der Waals surface area contributed by atoms with Crippen LogP contribution >= 0.6 is 11.3 Å². The van der Waals surface area contributed by atoms with Crippen molar-refractivity contribution >= 4 is 11.3 Å². The Balaban J connectivity index is 1.60. The number of hydrogen-bond donors (Lipinski definition) is 0. The van der Waals surface area contributed by atoms with Crippen molar-refractivity contribution in [3.8, 4) is 11.3 Å². The summed E-state index contributed by atoms with van der Waals surface area (Å²) in [4.78, 5) is 4.47. The summed E-state index contributed by atoms with van der Waals surface area (Å²) in [5.74, 6) is 0. The van der Waals surface area contributed by atoms with Gasteiger partial charge < -0.3 is 0 Å². The van der Waals surface area contributed by atoms with Crippen LogP contribution in [0, 0.1) is 6.92 Å². The first-order valence-corrected chi connectivity index (χ1v) is 8.53. The molecular weight excluding hydrogens is 320 g/mol. The largest absolute Gasteiger partial charge is 0.268 e. The van der Waals surface area contributed by atoms with Gasteiger partial charge in [-0.1, -0.05) is 29.5 Å². The number of hydrogen-bond acceptors (Lipinski definition) is 5. The topological polar surface area (TPSA) is 61.4 Å². The van der Waals surface area contributed by atoms with Gasteiger partial charge in [0, 0.05) is 23.3 Å². The summed E-state index contributed by atoms with van der Waals surface area (Å²) in [7, 11) is 0. The van der Waals surface area contributed by atoms with Crippen LogP contribution in [-0.2, 0) is 13.1 Å². The molecule has 0 aliphatic rings. The van der Waals surface area contributed by atoms with Crippen LogP contribution in [0.25, 0.3) is 11.3 Å². The van der Waals surface area contributed by atoms with Gasteiger partial charge >= 0.3 is 0 Å². The lowest BCUT2D eigenvalue weighted by Gasteiger charge is -2.07. The van der Waals surface area contributed by atoms with Gasteiger partial charge in [0.05, 0.1) is 30.0 Å². The fraction of sp³-hybridized carbons (Fsp3) is 0.176. The van der Waals surface area contributed by atoms with Crippen LogP contribution in [0.3, 0.4) is 0 Å². The molecule has 0 aliphatic heterocycles. The van der Waals surface area contributed by atoms with E-state index in [0.29, 0.717) is 13.1 Å². The fourth-order valence-corrected chi connectivity index (χ4v) is 3.23. The molecule has 4 rings (SSSR count). The molecule has 0 N–H and O–H groups in total. The Bertz CT molecular complexity index is 938. The molecule has 0 atom stereocenters. The predicted octanol–water partition coefficient (Wildman–Crippen LogP) is 3.00. The molecule has 6 nitrogen and oxygen atoms in total. The number of aromatic nitrogens is 6. The highest BCUT2D eigenvalue weighted by Crippen LogP contribution is 2.22. The minimum absolute atomic E-state index is 0.638. The predicted molar refractivity (Wildman–Crippen MR) is 92.7 cm³/mol. The zero-order valence-corrected chi connectivity index (χ0v) is 14.0. The van der Waals surface area contributed by atoms with Gasteiger partial charge in [-0.15, -0.1) is 16.4 Å². The molecule has 3 aromatic heterocycles. The Kier molecular flexibility index (Phi) is 3.92. The molecule has 0 amide bonds. The first-order valence-electron chi connectivity index (χ1n) is 7.65. The van der Waals surface area contributed by atoms with Crippen molar-refractivity contribution < 1.29 is 0 Å². The highest BCUT2D eigenvalue weighted by atomic mass is 32.1. The summed E-state index contributed by atoms with van der Waals surface area (Å²) in [6, 6.07) is 10.1. The Morgan fingerprint density at radius 3 is 2.79 bits per heavy atom. The van der Waals surface area contributed by atoms with E-state index in [1.807, 2.05) is 46.9 Å². The van der Waals surface area contributed by atoms with Gasteiger partial charge in [0.15, 0.2) is 0 Å². The van der Waals surface area contributed by atoms with Crippen LogP contribution in [0.15, 0.2) is 54.3 Å². The first-order chi connectivity index (χ1) is 11.8. The summed E-state index contributed by atoms with van der Waals surface area (Å²) in [6.45, 7) is 3.35. The van der Waals surface area contributed by atoms with E-state index in [0.717, 1.165) is 27.5 Å². The highest BCUT2D eigenvalue weighted by Gasteiger charge is 2.10. The normalized spacial score (nSPS) is 11.0. The quantitative estimate of drug-likeness (QED) is 0.562. The molecule has 7 heteroatoms. The Morgan fingerprint density at radius 2 is 2.00 bits per heavy atom. The molecule has 0 spiro atoms. The molecule has 0 radical (unpaired) electrons. The monoisotopic (exact) mass is 336 g/mol. The van der Waals surface area contributed by atoms with Crippen molar-refractivity contribution in [2.24, 2.45) is 0 Å². The molecule has 0 unspecified atom stereocenters. The summed E-state index contributed by atoms with van der Waals surface area (Å²) < 4.78 is 3.73. The van der Waals surface area contributed by atoms with Gasteiger partial charge in [-0.05, 0) is 18.6 Å². The second kappa shape index (κ2) is 6.37. The van der Waals surface area contributed by atoms with E-state index in [4.69, 9.17) is 0 Å². The summed E-state index contributed by atoms with van der Waals surface area (Å²) >= 11 is 1.65. The van der Waals surface area contributed by atoms with Crippen molar-refractivity contribution in [1.29, 1.82) is 0 Å². The molecule has 0 saturated heterocycles. The van der Waals surface area contributed by atoms with E-state index in [2.05, 4.69) is 37.9 Å². The van der Waals surface area contributed by atoms with Crippen LogP contribution < -0.4 is 0 Å². The summed E-state index contributed by atoms with van der Waals surface area (Å²) in [6.07, 6.45) is 5.71. The summed E-state index contributed by atoms with van der Waals surface area (Å²) in [5.41, 5.74) is 4.12. The molecule has 3 heterocycles. The maximum atomic E-state index is 4.47. The van der Waals surface area contributed by atoms with Crippen LogP contribution in [0.5, 0.6) is 0 Å². The minimum Gasteiger partial charge on any atom is -0.268 e. The van der Waals surface area contributed by atoms with Gasteiger partial charge in [0.2, 0.25) is 0 Å². The van der Waals surface area contributed by atoms with Crippen molar-refractivity contribution in [2.75, 3.05) is 0 Å². The molecule has 4 aromatic rings. The second-order valence-electron chi connectivity index (χ2n) is 5.52. The Labute approximate surface area is 143 Å². The van der Waals surface area contributed by atoms with Crippen LogP contribution in [0.1, 0.15) is 16.3 Å². The van der Waals surface area contributed by atoms with Crippen LogP contribution in [-0.4, -0.2) is 29.8 Å². The zero-order valence-electron chi connectivity index (χ0n) is 13.2. The Morgan fingerprint density at radius 1 is 1.08 bits per heavy atom. The van der Waals surface area contributed by atoms with E-state index in [9.17, 15) is 0 Å². The lowest BCUT2D eigenvalue weighted by Crippen LogP contribution is -2.01. The number of rotatable bonds is 5. The van der Waals surface area contributed by atoms with Crippen molar-refractivity contribution in [2.45, 2.75) is 20.0 Å². The van der Waals surface area contributed by atoms with E-state index >= 15 is 0 Å². The molecule has 0 bridgehead atoms. The van der Waals surface area contributed by atoms with Gasteiger partial charge in [-0.25, -0.2) is 9.67 Å². The number of benzene rings is 1. The third kappa shape index (κ3) is 3.11. The van der Waals surface area contributed by atoms with Gasteiger partial charge in [0.1, 0.15) is 5.69 Å².